The smallest absolute Gasteiger partial charge is 0.363 e. The van der Waals surface area contributed by atoms with Crippen molar-refractivity contribution in [1.29, 1.82) is 0 Å². The lowest BCUT2D eigenvalue weighted by Crippen LogP contribution is -2.05. The molecule has 8 nitrogen and oxygen atoms in total. The number of ether oxygens (including phenoxy) is 1. The molecule has 0 atom stereocenters. The molecule has 3 aromatic rings. The van der Waals surface area contributed by atoms with Crippen LogP contribution in [0.15, 0.2) is 52.6 Å². The molecule has 3 rings (SSSR count). The highest BCUT2D eigenvalue weighted by molar-refractivity contribution is 7.99. The molecule has 0 aliphatic carbocycles. The molecule has 0 radical (unpaired) electrons. The number of pyridine rings is 1. The number of hydrogen-bond donors (Lipinski definition) is 0. The van der Waals surface area contributed by atoms with Crippen molar-refractivity contribution >= 4 is 29.2 Å². The zero-order chi connectivity index (χ0) is 19.2. The molecule has 0 saturated heterocycles. The number of halogens is 1. The summed E-state index contributed by atoms with van der Waals surface area (Å²) in [5.74, 6) is 0.465. The second-order valence-electron chi connectivity index (χ2n) is 5.50. The number of methoxy groups -OCH3 is 1. The van der Waals surface area contributed by atoms with Crippen molar-refractivity contribution in [3.63, 3.8) is 0 Å². The Balaban J connectivity index is 1.92. The second-order valence-corrected chi connectivity index (χ2v) is 6.94. The van der Waals surface area contributed by atoms with Crippen molar-refractivity contribution in [1.82, 2.24) is 19.7 Å². The topological polar surface area (TPSA) is 96.0 Å². The van der Waals surface area contributed by atoms with Crippen LogP contribution in [0.25, 0.3) is 11.4 Å². The molecule has 2 heterocycles. The van der Waals surface area contributed by atoms with E-state index >= 15 is 0 Å². The van der Waals surface area contributed by atoms with Gasteiger partial charge in [0.15, 0.2) is 17.2 Å². The van der Waals surface area contributed by atoms with Gasteiger partial charge in [-0.25, -0.2) is 0 Å². The fourth-order valence-corrected chi connectivity index (χ4v) is 3.46. The van der Waals surface area contributed by atoms with Crippen molar-refractivity contribution < 1.29 is 9.66 Å². The van der Waals surface area contributed by atoms with Crippen LogP contribution in [0, 0.1) is 10.1 Å². The van der Waals surface area contributed by atoms with E-state index in [1.807, 2.05) is 22.8 Å². The predicted octanol–water partition coefficient (Wildman–Crippen LogP) is 4.09. The van der Waals surface area contributed by atoms with Gasteiger partial charge in [-0.1, -0.05) is 23.7 Å². The zero-order valence-corrected chi connectivity index (χ0v) is 16.0. The van der Waals surface area contributed by atoms with Crippen molar-refractivity contribution in [2.45, 2.75) is 23.0 Å². The maximum Gasteiger partial charge on any atom is 0.363 e. The van der Waals surface area contributed by atoms with E-state index in [1.54, 1.807) is 19.2 Å². The number of hydrogen-bond acceptors (Lipinski definition) is 7. The van der Waals surface area contributed by atoms with E-state index in [0.29, 0.717) is 29.2 Å². The summed E-state index contributed by atoms with van der Waals surface area (Å²) in [4.78, 5) is 14.8. The largest absolute Gasteiger partial charge is 0.385 e. The highest BCUT2D eigenvalue weighted by Gasteiger charge is 2.18. The average molecular weight is 406 g/mol. The van der Waals surface area contributed by atoms with Crippen LogP contribution in [-0.2, 0) is 11.3 Å². The highest BCUT2D eigenvalue weighted by Crippen LogP contribution is 2.32. The third kappa shape index (κ3) is 4.62. The van der Waals surface area contributed by atoms with Crippen LogP contribution in [0.2, 0.25) is 5.02 Å². The van der Waals surface area contributed by atoms with Crippen molar-refractivity contribution in [3.8, 4) is 11.4 Å². The molecule has 0 bridgehead atoms. The Morgan fingerprint density at radius 3 is 2.74 bits per heavy atom. The minimum atomic E-state index is -0.531. The van der Waals surface area contributed by atoms with Gasteiger partial charge in [-0.3, -0.25) is 0 Å². The van der Waals surface area contributed by atoms with Gasteiger partial charge in [0.25, 0.3) is 0 Å². The number of aromatic nitrogens is 4. The average Bonchev–Trinajstić information content (AvgIpc) is 3.05. The molecule has 140 valence electrons. The lowest BCUT2D eigenvalue weighted by molar-refractivity contribution is -0.389. The first-order chi connectivity index (χ1) is 13.1. The first kappa shape index (κ1) is 19.3. The second kappa shape index (κ2) is 8.94. The lowest BCUT2D eigenvalue weighted by atomic mass is 10.2. The van der Waals surface area contributed by atoms with Crippen LogP contribution in [-0.4, -0.2) is 38.4 Å². The van der Waals surface area contributed by atoms with Crippen molar-refractivity contribution in [2.24, 2.45) is 0 Å². The van der Waals surface area contributed by atoms with E-state index in [-0.39, 0.29) is 5.82 Å². The molecule has 0 fully saturated rings. The van der Waals surface area contributed by atoms with E-state index in [4.69, 9.17) is 16.3 Å². The standard InChI is InChI=1S/C17H16ClN5O3S/c1-26-10-4-9-22-16(13-5-2-3-6-14(13)18)20-21-17(22)27-12-7-8-15(19-11-12)23(24)25/h2-3,5-8,11H,4,9-10H2,1H3. The van der Waals surface area contributed by atoms with E-state index < -0.39 is 4.92 Å². The molecule has 10 heteroatoms. The first-order valence-corrected chi connectivity index (χ1v) is 9.25. The van der Waals surface area contributed by atoms with Crippen LogP contribution >= 0.6 is 23.4 Å². The zero-order valence-electron chi connectivity index (χ0n) is 14.4. The van der Waals surface area contributed by atoms with E-state index in [9.17, 15) is 10.1 Å². The Labute approximate surface area is 164 Å². The lowest BCUT2D eigenvalue weighted by Gasteiger charge is -2.10. The third-order valence-corrected chi connectivity index (χ3v) is 4.97. The summed E-state index contributed by atoms with van der Waals surface area (Å²) in [5, 5.41) is 20.6. The first-order valence-electron chi connectivity index (χ1n) is 8.05. The van der Waals surface area contributed by atoms with Crippen molar-refractivity contribution in [2.75, 3.05) is 13.7 Å². The van der Waals surface area contributed by atoms with Gasteiger partial charge in [0, 0.05) is 31.9 Å². The molecule has 27 heavy (non-hydrogen) atoms. The third-order valence-electron chi connectivity index (χ3n) is 3.68. The Hall–Kier alpha value is -2.49. The maximum absolute atomic E-state index is 10.7. The number of nitro groups is 1. The van der Waals surface area contributed by atoms with Gasteiger partial charge in [-0.05, 0) is 46.3 Å². The predicted molar refractivity (Wildman–Crippen MR) is 102 cm³/mol. The SMILES string of the molecule is COCCCn1c(Sc2ccc([N+](=O)[O-])nc2)nnc1-c1ccccc1Cl. The molecule has 0 N–H and O–H groups in total. The molecule has 0 spiro atoms. The number of rotatable bonds is 8. The van der Waals surface area contributed by atoms with Crippen LogP contribution in [0.4, 0.5) is 5.82 Å². The van der Waals surface area contributed by atoms with Gasteiger partial charge in [0.1, 0.15) is 0 Å². The molecule has 0 amide bonds. The number of nitrogens with zero attached hydrogens (tertiary/aromatic N) is 5. The van der Waals surface area contributed by atoms with Gasteiger partial charge in [-0.15, -0.1) is 10.2 Å². The van der Waals surface area contributed by atoms with Gasteiger partial charge >= 0.3 is 5.82 Å². The molecular formula is C17H16ClN5O3S. The fourth-order valence-electron chi connectivity index (χ4n) is 2.42. The van der Waals surface area contributed by atoms with Gasteiger partial charge < -0.3 is 19.4 Å². The van der Waals surface area contributed by atoms with E-state index in [2.05, 4.69) is 15.2 Å². The monoisotopic (exact) mass is 405 g/mol. The molecule has 0 aliphatic heterocycles. The van der Waals surface area contributed by atoms with Crippen molar-refractivity contribution in [3.05, 3.63) is 57.7 Å². The Kier molecular flexibility index (Phi) is 6.38. The summed E-state index contributed by atoms with van der Waals surface area (Å²) in [6.07, 6.45) is 2.23. The summed E-state index contributed by atoms with van der Waals surface area (Å²) in [6, 6.07) is 10.4. The van der Waals surface area contributed by atoms with E-state index in [0.717, 1.165) is 16.9 Å². The van der Waals surface area contributed by atoms with Gasteiger partial charge in [0.05, 0.1) is 9.92 Å². The van der Waals surface area contributed by atoms with Crippen LogP contribution in [0.5, 0.6) is 0 Å². The van der Waals surface area contributed by atoms with Crippen LogP contribution in [0.3, 0.4) is 0 Å². The number of benzene rings is 1. The Bertz CT molecular complexity index is 933. The molecule has 0 saturated carbocycles. The highest BCUT2D eigenvalue weighted by atomic mass is 35.5. The summed E-state index contributed by atoms with van der Waals surface area (Å²) < 4.78 is 7.11. The fraction of sp³-hybridized carbons (Fsp3) is 0.235. The summed E-state index contributed by atoms with van der Waals surface area (Å²) in [5.41, 5.74) is 0.790. The van der Waals surface area contributed by atoms with Crippen LogP contribution < -0.4 is 0 Å². The summed E-state index contributed by atoms with van der Waals surface area (Å²) in [7, 11) is 1.65. The van der Waals surface area contributed by atoms with E-state index in [1.165, 1.54) is 24.0 Å². The Morgan fingerprint density at radius 2 is 2.07 bits per heavy atom. The summed E-state index contributed by atoms with van der Waals surface area (Å²) in [6.45, 7) is 1.24. The quantitative estimate of drug-likeness (QED) is 0.316. The minimum Gasteiger partial charge on any atom is -0.385 e. The van der Waals surface area contributed by atoms with Gasteiger partial charge in [-0.2, -0.15) is 0 Å². The summed E-state index contributed by atoms with van der Waals surface area (Å²) >= 11 is 7.66. The molecule has 0 unspecified atom stereocenters. The van der Waals surface area contributed by atoms with Gasteiger partial charge in [0.2, 0.25) is 0 Å². The Morgan fingerprint density at radius 1 is 1.26 bits per heavy atom. The maximum atomic E-state index is 10.7. The molecule has 1 aromatic carbocycles. The normalized spacial score (nSPS) is 10.9. The molecule has 0 aliphatic rings. The van der Waals surface area contributed by atoms with Crippen LogP contribution in [0.1, 0.15) is 6.42 Å². The molecule has 2 aromatic heterocycles. The minimum absolute atomic E-state index is 0.197. The molecular weight excluding hydrogens is 390 g/mol.